The lowest BCUT2D eigenvalue weighted by atomic mass is 10.1. The summed E-state index contributed by atoms with van der Waals surface area (Å²) in [6.45, 7) is 2.68. The van der Waals surface area contributed by atoms with Crippen LogP contribution in [-0.2, 0) is 10.0 Å². The molecule has 1 fully saturated rings. The number of piperidine rings is 1. The standard InChI is InChI=1S/C9H14N2O2S/c1-2-14(12,13)11-7-4-9(3-6-10)5-8-11/h3H,2,4-5,7-8H2,1H3. The Morgan fingerprint density at radius 2 is 2.07 bits per heavy atom. The van der Waals surface area contributed by atoms with Crippen LogP contribution >= 0.6 is 0 Å². The maximum Gasteiger partial charge on any atom is 0.213 e. The van der Waals surface area contributed by atoms with Gasteiger partial charge in [0, 0.05) is 19.2 Å². The maximum atomic E-state index is 11.5. The molecule has 0 unspecified atom stereocenters. The monoisotopic (exact) mass is 214 g/mol. The molecule has 0 radical (unpaired) electrons. The van der Waals surface area contributed by atoms with Crippen molar-refractivity contribution >= 4 is 10.0 Å². The van der Waals surface area contributed by atoms with E-state index in [1.807, 2.05) is 6.07 Å². The average molecular weight is 214 g/mol. The third-order valence-corrected chi connectivity index (χ3v) is 4.27. The molecule has 1 saturated heterocycles. The third-order valence-electron chi connectivity index (χ3n) is 2.39. The molecule has 1 rings (SSSR count). The zero-order valence-electron chi connectivity index (χ0n) is 8.23. The predicted molar refractivity (Wildman–Crippen MR) is 54.0 cm³/mol. The number of hydrogen-bond donors (Lipinski definition) is 0. The first-order valence-electron chi connectivity index (χ1n) is 4.65. The van der Waals surface area contributed by atoms with E-state index in [-0.39, 0.29) is 5.75 Å². The Kier molecular flexibility index (Phi) is 3.67. The van der Waals surface area contributed by atoms with Crippen molar-refractivity contribution in [2.45, 2.75) is 19.8 Å². The fraction of sp³-hybridized carbons (Fsp3) is 0.667. The van der Waals surface area contributed by atoms with Gasteiger partial charge in [-0.2, -0.15) is 5.26 Å². The number of nitriles is 1. The van der Waals surface area contributed by atoms with E-state index >= 15 is 0 Å². The van der Waals surface area contributed by atoms with Gasteiger partial charge in [-0.25, -0.2) is 12.7 Å². The van der Waals surface area contributed by atoms with Crippen molar-refractivity contribution < 1.29 is 8.42 Å². The van der Waals surface area contributed by atoms with Crippen LogP contribution < -0.4 is 0 Å². The molecule has 0 aromatic carbocycles. The molecule has 1 aliphatic rings. The van der Waals surface area contributed by atoms with Gasteiger partial charge in [0.25, 0.3) is 0 Å². The van der Waals surface area contributed by atoms with Gasteiger partial charge in [0.05, 0.1) is 11.8 Å². The molecule has 0 atom stereocenters. The molecule has 0 saturated carbocycles. The van der Waals surface area contributed by atoms with E-state index in [0.717, 1.165) is 5.57 Å². The van der Waals surface area contributed by atoms with E-state index < -0.39 is 10.0 Å². The SMILES string of the molecule is CCS(=O)(=O)N1CCC(=CC#N)CC1. The smallest absolute Gasteiger partial charge is 0.212 e. The summed E-state index contributed by atoms with van der Waals surface area (Å²) >= 11 is 0. The van der Waals surface area contributed by atoms with Crippen molar-refractivity contribution in [1.29, 1.82) is 5.26 Å². The van der Waals surface area contributed by atoms with Crippen LogP contribution in [-0.4, -0.2) is 31.6 Å². The van der Waals surface area contributed by atoms with Crippen LogP contribution in [0.5, 0.6) is 0 Å². The maximum absolute atomic E-state index is 11.5. The van der Waals surface area contributed by atoms with E-state index in [2.05, 4.69) is 0 Å². The van der Waals surface area contributed by atoms with Crippen LogP contribution in [0, 0.1) is 11.3 Å². The Morgan fingerprint density at radius 3 is 2.50 bits per heavy atom. The lowest BCUT2D eigenvalue weighted by molar-refractivity contribution is 0.387. The number of sulfonamides is 1. The number of allylic oxidation sites excluding steroid dienone is 1. The minimum Gasteiger partial charge on any atom is -0.212 e. The summed E-state index contributed by atoms with van der Waals surface area (Å²) < 4.78 is 24.4. The summed E-state index contributed by atoms with van der Waals surface area (Å²) in [6.07, 6.45) is 2.90. The molecule has 0 amide bonds. The van der Waals surface area contributed by atoms with Gasteiger partial charge in [-0.3, -0.25) is 0 Å². The van der Waals surface area contributed by atoms with Gasteiger partial charge in [0.15, 0.2) is 0 Å². The molecular weight excluding hydrogens is 200 g/mol. The zero-order chi connectivity index (χ0) is 10.6. The molecule has 0 bridgehead atoms. The fourth-order valence-electron chi connectivity index (χ4n) is 1.47. The highest BCUT2D eigenvalue weighted by atomic mass is 32.2. The minimum absolute atomic E-state index is 0.157. The van der Waals surface area contributed by atoms with Gasteiger partial charge in [0.1, 0.15) is 0 Å². The second-order valence-corrected chi connectivity index (χ2v) is 5.49. The van der Waals surface area contributed by atoms with E-state index in [1.54, 1.807) is 6.92 Å². The van der Waals surface area contributed by atoms with E-state index in [1.165, 1.54) is 10.4 Å². The van der Waals surface area contributed by atoms with Gasteiger partial charge in [0.2, 0.25) is 10.0 Å². The molecule has 0 aliphatic carbocycles. The summed E-state index contributed by atoms with van der Waals surface area (Å²) in [5, 5.41) is 8.43. The van der Waals surface area contributed by atoms with Crippen LogP contribution in [0.3, 0.4) is 0 Å². The number of rotatable bonds is 2. The molecule has 0 spiro atoms. The largest absolute Gasteiger partial charge is 0.213 e. The highest BCUT2D eigenvalue weighted by Gasteiger charge is 2.23. The molecular formula is C9H14N2O2S. The Labute approximate surface area is 84.9 Å². The molecule has 5 heteroatoms. The molecule has 0 N–H and O–H groups in total. The molecule has 1 aliphatic heterocycles. The Morgan fingerprint density at radius 1 is 1.50 bits per heavy atom. The Hall–Kier alpha value is -0.860. The van der Waals surface area contributed by atoms with E-state index in [0.29, 0.717) is 25.9 Å². The van der Waals surface area contributed by atoms with Crippen molar-refractivity contribution in [3.05, 3.63) is 11.6 Å². The Bertz CT molecular complexity index is 355. The second kappa shape index (κ2) is 4.58. The highest BCUT2D eigenvalue weighted by molar-refractivity contribution is 7.89. The first-order valence-corrected chi connectivity index (χ1v) is 6.26. The van der Waals surface area contributed by atoms with Crippen LogP contribution in [0.4, 0.5) is 0 Å². The first-order chi connectivity index (χ1) is 6.60. The van der Waals surface area contributed by atoms with E-state index in [9.17, 15) is 8.42 Å². The second-order valence-electron chi connectivity index (χ2n) is 3.23. The predicted octanol–water partition coefficient (Wildman–Crippen LogP) is 0.882. The van der Waals surface area contributed by atoms with Crippen molar-refractivity contribution in [1.82, 2.24) is 4.31 Å². The van der Waals surface area contributed by atoms with Gasteiger partial charge in [-0.15, -0.1) is 0 Å². The van der Waals surface area contributed by atoms with Gasteiger partial charge < -0.3 is 0 Å². The Balaban J connectivity index is 2.61. The minimum atomic E-state index is -3.04. The van der Waals surface area contributed by atoms with Crippen molar-refractivity contribution in [3.63, 3.8) is 0 Å². The quantitative estimate of drug-likeness (QED) is 0.641. The molecule has 0 aromatic heterocycles. The highest BCUT2D eigenvalue weighted by Crippen LogP contribution is 2.18. The van der Waals surface area contributed by atoms with E-state index in [4.69, 9.17) is 5.26 Å². The number of nitrogens with zero attached hydrogens (tertiary/aromatic N) is 2. The summed E-state index contributed by atoms with van der Waals surface area (Å²) in [5.74, 6) is 0.157. The van der Waals surface area contributed by atoms with Gasteiger partial charge in [-0.1, -0.05) is 5.57 Å². The normalized spacial score (nSPS) is 19.0. The number of hydrogen-bond acceptors (Lipinski definition) is 3. The lowest BCUT2D eigenvalue weighted by Gasteiger charge is -2.26. The van der Waals surface area contributed by atoms with Gasteiger partial charge >= 0.3 is 0 Å². The first kappa shape index (κ1) is 11.2. The molecule has 4 nitrogen and oxygen atoms in total. The summed E-state index contributed by atoms with van der Waals surface area (Å²) in [5.41, 5.74) is 1.05. The molecule has 78 valence electrons. The van der Waals surface area contributed by atoms with Crippen molar-refractivity contribution in [2.24, 2.45) is 0 Å². The average Bonchev–Trinajstić information content (AvgIpc) is 2.19. The summed E-state index contributed by atoms with van der Waals surface area (Å²) in [6, 6.07) is 1.97. The van der Waals surface area contributed by atoms with Crippen LogP contribution in [0.25, 0.3) is 0 Å². The van der Waals surface area contributed by atoms with Crippen molar-refractivity contribution in [3.8, 4) is 6.07 Å². The third kappa shape index (κ3) is 2.56. The lowest BCUT2D eigenvalue weighted by Crippen LogP contribution is -2.37. The molecule has 0 aromatic rings. The summed E-state index contributed by atoms with van der Waals surface area (Å²) in [4.78, 5) is 0. The zero-order valence-corrected chi connectivity index (χ0v) is 9.05. The molecule has 14 heavy (non-hydrogen) atoms. The summed E-state index contributed by atoms with van der Waals surface area (Å²) in [7, 11) is -3.04. The fourth-order valence-corrected chi connectivity index (χ4v) is 2.57. The van der Waals surface area contributed by atoms with Crippen LogP contribution in [0.2, 0.25) is 0 Å². The molecule has 1 heterocycles. The topological polar surface area (TPSA) is 61.2 Å². The van der Waals surface area contributed by atoms with Gasteiger partial charge in [-0.05, 0) is 19.8 Å². The van der Waals surface area contributed by atoms with Crippen molar-refractivity contribution in [2.75, 3.05) is 18.8 Å². The van der Waals surface area contributed by atoms with Crippen LogP contribution in [0.15, 0.2) is 11.6 Å². The van der Waals surface area contributed by atoms with Crippen LogP contribution in [0.1, 0.15) is 19.8 Å².